The Bertz CT molecular complexity index is 508. The molecule has 1 aliphatic rings. The molecule has 0 saturated carbocycles. The molecule has 5 heteroatoms. The van der Waals surface area contributed by atoms with Crippen molar-refractivity contribution >= 4 is 10.1 Å². The van der Waals surface area contributed by atoms with Gasteiger partial charge < -0.3 is 5.11 Å². The highest BCUT2D eigenvalue weighted by Crippen LogP contribution is 2.43. The maximum absolute atomic E-state index is 11.3. The molecule has 1 aliphatic carbocycles. The minimum Gasteiger partial charge on any atom is -0.369 e. The Labute approximate surface area is 94.7 Å². The highest BCUT2D eigenvalue weighted by atomic mass is 32.2. The first-order valence-electron chi connectivity index (χ1n) is 5.15. The molecule has 0 heterocycles. The van der Waals surface area contributed by atoms with E-state index in [0.29, 0.717) is 12.0 Å². The molecular formula is C11H14O4S. The summed E-state index contributed by atoms with van der Waals surface area (Å²) in [5.41, 5.74) is 1.09. The van der Waals surface area contributed by atoms with E-state index in [1.165, 1.54) is 0 Å². The zero-order valence-electron chi connectivity index (χ0n) is 8.92. The summed E-state index contributed by atoms with van der Waals surface area (Å²) in [6.07, 6.45) is 0.567. The van der Waals surface area contributed by atoms with E-state index >= 15 is 0 Å². The van der Waals surface area contributed by atoms with Gasteiger partial charge in [0, 0.05) is 5.56 Å². The zero-order valence-corrected chi connectivity index (χ0v) is 9.74. The summed E-state index contributed by atoms with van der Waals surface area (Å²) < 4.78 is 31.7. The van der Waals surface area contributed by atoms with Crippen LogP contribution in [-0.2, 0) is 15.1 Å². The predicted molar refractivity (Wildman–Crippen MR) is 59.5 cm³/mol. The van der Waals surface area contributed by atoms with Crippen LogP contribution in [0.5, 0.6) is 0 Å². The lowest BCUT2D eigenvalue weighted by molar-refractivity contribution is 0.0893. The average Bonchev–Trinajstić information content (AvgIpc) is 2.23. The van der Waals surface area contributed by atoms with Crippen LogP contribution in [0.1, 0.15) is 36.8 Å². The van der Waals surface area contributed by atoms with Gasteiger partial charge >= 0.3 is 0 Å². The van der Waals surface area contributed by atoms with Crippen LogP contribution in [0.15, 0.2) is 24.3 Å². The van der Waals surface area contributed by atoms with Crippen molar-refractivity contribution in [3.63, 3.8) is 0 Å². The third-order valence-electron chi connectivity index (χ3n) is 3.26. The lowest BCUT2D eigenvalue weighted by Crippen LogP contribution is -2.39. The Morgan fingerprint density at radius 2 is 2.00 bits per heavy atom. The third-order valence-corrected chi connectivity index (χ3v) is 4.53. The SMILES string of the molecule is CC1CCC(O)(S(=O)(=O)O)c2ccccc21. The second-order valence-corrected chi connectivity index (χ2v) is 5.91. The maximum atomic E-state index is 11.3. The van der Waals surface area contributed by atoms with Crippen LogP contribution in [0.2, 0.25) is 0 Å². The van der Waals surface area contributed by atoms with Gasteiger partial charge in [0.15, 0.2) is 0 Å². The molecule has 2 N–H and O–H groups in total. The molecule has 1 aromatic carbocycles. The molecule has 4 nitrogen and oxygen atoms in total. The fraction of sp³-hybridized carbons (Fsp3) is 0.455. The molecular weight excluding hydrogens is 228 g/mol. The van der Waals surface area contributed by atoms with E-state index in [-0.39, 0.29) is 12.3 Å². The number of hydrogen-bond donors (Lipinski definition) is 2. The van der Waals surface area contributed by atoms with Gasteiger partial charge in [0.05, 0.1) is 0 Å². The van der Waals surface area contributed by atoms with Gasteiger partial charge in [-0.1, -0.05) is 31.2 Å². The van der Waals surface area contributed by atoms with Crippen LogP contribution in [0.25, 0.3) is 0 Å². The van der Waals surface area contributed by atoms with E-state index in [1.807, 2.05) is 6.92 Å². The molecule has 16 heavy (non-hydrogen) atoms. The molecule has 0 fully saturated rings. The molecule has 0 amide bonds. The monoisotopic (exact) mass is 242 g/mol. The van der Waals surface area contributed by atoms with E-state index in [1.54, 1.807) is 24.3 Å². The van der Waals surface area contributed by atoms with Gasteiger partial charge in [0.25, 0.3) is 10.1 Å². The van der Waals surface area contributed by atoms with Gasteiger partial charge in [-0.2, -0.15) is 8.42 Å². The molecule has 2 atom stereocenters. The number of fused-ring (bicyclic) bond motifs is 1. The standard InChI is InChI=1S/C11H14O4S/c1-8-6-7-11(12,16(13,14)15)10-5-3-2-4-9(8)10/h2-5,8,12H,6-7H2,1H3,(H,13,14,15). The van der Waals surface area contributed by atoms with Gasteiger partial charge in [-0.15, -0.1) is 0 Å². The van der Waals surface area contributed by atoms with Crippen molar-refractivity contribution in [2.24, 2.45) is 0 Å². The summed E-state index contributed by atoms with van der Waals surface area (Å²) in [5.74, 6) is 0.193. The lowest BCUT2D eigenvalue weighted by atomic mass is 9.82. The minimum absolute atomic E-state index is 0.0318. The summed E-state index contributed by atoms with van der Waals surface area (Å²) in [4.78, 5) is -2.14. The van der Waals surface area contributed by atoms with Gasteiger partial charge in [-0.05, 0) is 24.3 Å². The largest absolute Gasteiger partial charge is 0.369 e. The van der Waals surface area contributed by atoms with Crippen LogP contribution in [0.4, 0.5) is 0 Å². The fourth-order valence-corrected chi connectivity index (χ4v) is 3.09. The van der Waals surface area contributed by atoms with Crippen molar-refractivity contribution in [1.82, 2.24) is 0 Å². The van der Waals surface area contributed by atoms with Crippen LogP contribution < -0.4 is 0 Å². The summed E-state index contributed by atoms with van der Waals surface area (Å²) in [7, 11) is -4.51. The number of rotatable bonds is 1. The van der Waals surface area contributed by atoms with E-state index in [2.05, 4.69) is 0 Å². The van der Waals surface area contributed by atoms with E-state index < -0.39 is 15.1 Å². The van der Waals surface area contributed by atoms with Gasteiger partial charge in [0.2, 0.25) is 4.93 Å². The van der Waals surface area contributed by atoms with E-state index in [9.17, 15) is 13.5 Å². The molecule has 0 radical (unpaired) electrons. The van der Waals surface area contributed by atoms with Crippen molar-refractivity contribution in [2.75, 3.05) is 0 Å². The molecule has 1 aromatic rings. The molecule has 0 bridgehead atoms. The van der Waals surface area contributed by atoms with Gasteiger partial charge in [0.1, 0.15) is 0 Å². The Hall–Kier alpha value is -0.910. The van der Waals surface area contributed by atoms with Crippen molar-refractivity contribution in [3.8, 4) is 0 Å². The quantitative estimate of drug-likeness (QED) is 0.734. The lowest BCUT2D eigenvalue weighted by Gasteiger charge is -2.34. The van der Waals surface area contributed by atoms with Crippen LogP contribution in [0, 0.1) is 0 Å². The molecule has 0 spiro atoms. The number of benzene rings is 1. The zero-order chi connectivity index (χ0) is 12.0. The van der Waals surface area contributed by atoms with Gasteiger partial charge in [-0.25, -0.2) is 0 Å². The third kappa shape index (κ3) is 1.55. The average molecular weight is 242 g/mol. The van der Waals surface area contributed by atoms with E-state index in [0.717, 1.165) is 5.56 Å². The smallest absolute Gasteiger partial charge is 0.299 e. The Morgan fingerprint density at radius 1 is 1.38 bits per heavy atom. The first kappa shape index (κ1) is 11.6. The first-order valence-corrected chi connectivity index (χ1v) is 6.59. The predicted octanol–water partition coefficient (Wildman–Crippen LogP) is 1.62. The maximum Gasteiger partial charge on any atom is 0.299 e. The van der Waals surface area contributed by atoms with Crippen LogP contribution in [-0.4, -0.2) is 18.1 Å². The molecule has 2 rings (SSSR count). The Morgan fingerprint density at radius 3 is 2.62 bits per heavy atom. The summed E-state index contributed by atoms with van der Waals surface area (Å²) in [6.45, 7) is 1.97. The topological polar surface area (TPSA) is 74.6 Å². The van der Waals surface area contributed by atoms with Crippen molar-refractivity contribution in [2.45, 2.75) is 30.6 Å². The Kier molecular flexibility index (Phi) is 2.57. The molecule has 0 saturated heterocycles. The molecule has 0 aromatic heterocycles. The fourth-order valence-electron chi connectivity index (χ4n) is 2.25. The molecule has 2 unspecified atom stereocenters. The first-order chi connectivity index (χ1) is 7.36. The van der Waals surface area contributed by atoms with Crippen molar-refractivity contribution in [3.05, 3.63) is 35.4 Å². The highest BCUT2D eigenvalue weighted by Gasteiger charge is 2.46. The van der Waals surface area contributed by atoms with Crippen LogP contribution >= 0.6 is 0 Å². The summed E-state index contributed by atoms with van der Waals surface area (Å²) >= 11 is 0. The molecule has 88 valence electrons. The number of hydrogen-bond acceptors (Lipinski definition) is 3. The molecule has 0 aliphatic heterocycles. The van der Waals surface area contributed by atoms with Crippen LogP contribution in [0.3, 0.4) is 0 Å². The van der Waals surface area contributed by atoms with Crippen molar-refractivity contribution in [1.29, 1.82) is 0 Å². The normalized spacial score (nSPS) is 29.8. The second-order valence-electron chi connectivity index (χ2n) is 4.29. The van der Waals surface area contributed by atoms with Gasteiger partial charge in [-0.3, -0.25) is 4.55 Å². The second kappa shape index (κ2) is 3.55. The van der Waals surface area contributed by atoms with E-state index in [4.69, 9.17) is 4.55 Å². The highest BCUT2D eigenvalue weighted by molar-refractivity contribution is 7.86. The summed E-state index contributed by atoms with van der Waals surface area (Å²) in [5, 5.41) is 10.1. The Balaban J connectivity index is 2.68. The summed E-state index contributed by atoms with van der Waals surface area (Å²) in [6, 6.07) is 6.80. The van der Waals surface area contributed by atoms with Crippen molar-refractivity contribution < 1.29 is 18.1 Å². The number of aliphatic hydroxyl groups is 1. The minimum atomic E-state index is -4.51.